The predicted octanol–water partition coefficient (Wildman–Crippen LogP) is 1.88. The lowest BCUT2D eigenvalue weighted by Crippen LogP contribution is -2.31. The molecule has 0 aromatic carbocycles. The topological polar surface area (TPSA) is 3.24 Å². The van der Waals surface area contributed by atoms with Crippen LogP contribution >= 0.6 is 0 Å². The van der Waals surface area contributed by atoms with Gasteiger partial charge in [-0.05, 0) is 44.6 Å². The highest BCUT2D eigenvalue weighted by Crippen LogP contribution is 2.59. The van der Waals surface area contributed by atoms with Gasteiger partial charge < -0.3 is 4.90 Å². The van der Waals surface area contributed by atoms with E-state index >= 15 is 0 Å². The molecule has 3 fully saturated rings. The summed E-state index contributed by atoms with van der Waals surface area (Å²) in [5.41, 5.74) is 0.737. The quantitative estimate of drug-likeness (QED) is 0.511. The van der Waals surface area contributed by atoms with E-state index in [1.165, 1.54) is 38.6 Å². The normalized spacial score (nSPS) is 46.6. The molecule has 0 amide bonds. The summed E-state index contributed by atoms with van der Waals surface area (Å²) in [6.45, 7) is 1.41. The fourth-order valence-corrected chi connectivity index (χ4v) is 3.66. The van der Waals surface area contributed by atoms with Crippen LogP contribution in [0.3, 0.4) is 0 Å². The fraction of sp³-hybridized carbons (Fsp3) is 1.00. The van der Waals surface area contributed by atoms with Crippen molar-refractivity contribution in [3.63, 3.8) is 0 Å². The van der Waals surface area contributed by atoms with Crippen LogP contribution in [-0.2, 0) is 0 Å². The van der Waals surface area contributed by atoms with Crippen molar-refractivity contribution in [3.05, 3.63) is 0 Å². The molecule has 1 heterocycles. The van der Waals surface area contributed by atoms with Gasteiger partial charge in [-0.25, -0.2) is 0 Å². The summed E-state index contributed by atoms with van der Waals surface area (Å²) in [5.74, 6) is 2.19. The lowest BCUT2D eigenvalue weighted by atomic mass is 9.92. The van der Waals surface area contributed by atoms with E-state index in [1.807, 2.05) is 0 Å². The molecule has 2 unspecified atom stereocenters. The van der Waals surface area contributed by atoms with Gasteiger partial charge in [-0.3, -0.25) is 0 Å². The molecule has 0 N–H and O–H groups in total. The van der Waals surface area contributed by atoms with E-state index in [-0.39, 0.29) is 0 Å². The predicted molar refractivity (Wildman–Crippen MR) is 45.4 cm³/mol. The first-order valence-electron chi connectivity index (χ1n) is 5.04. The smallest absolute Gasteiger partial charge is 0.0239 e. The summed E-state index contributed by atoms with van der Waals surface area (Å²) >= 11 is 0. The van der Waals surface area contributed by atoms with Crippen LogP contribution in [0.25, 0.3) is 0 Å². The summed E-state index contributed by atoms with van der Waals surface area (Å²) in [5, 5.41) is 0. The van der Waals surface area contributed by atoms with Crippen LogP contribution in [0, 0.1) is 11.8 Å². The third kappa shape index (κ3) is 0.658. The second-order valence-electron chi connectivity index (χ2n) is 4.78. The highest BCUT2D eigenvalue weighted by Gasteiger charge is 2.60. The SMILES string of the molecule is CN1CC2CCCC2C12CC2. The van der Waals surface area contributed by atoms with Crippen LogP contribution in [0.15, 0.2) is 0 Å². The second kappa shape index (κ2) is 1.82. The molecule has 1 spiro atoms. The van der Waals surface area contributed by atoms with Crippen molar-refractivity contribution in [2.45, 2.75) is 37.6 Å². The molecule has 1 saturated heterocycles. The average molecular weight is 151 g/mol. The van der Waals surface area contributed by atoms with Crippen molar-refractivity contribution < 1.29 is 0 Å². The first kappa shape index (κ1) is 6.47. The number of hydrogen-bond donors (Lipinski definition) is 0. The lowest BCUT2D eigenvalue weighted by molar-refractivity contribution is 0.244. The minimum atomic E-state index is 0.737. The zero-order valence-corrected chi connectivity index (χ0v) is 7.34. The maximum absolute atomic E-state index is 2.65. The molecule has 2 saturated carbocycles. The van der Waals surface area contributed by atoms with Crippen molar-refractivity contribution in [1.82, 2.24) is 4.90 Å². The van der Waals surface area contributed by atoms with Gasteiger partial charge in [0.1, 0.15) is 0 Å². The molecule has 1 heteroatoms. The van der Waals surface area contributed by atoms with Crippen LogP contribution in [-0.4, -0.2) is 24.0 Å². The highest BCUT2D eigenvalue weighted by atomic mass is 15.2. The van der Waals surface area contributed by atoms with Crippen molar-refractivity contribution >= 4 is 0 Å². The third-order valence-electron chi connectivity index (χ3n) is 4.38. The molecule has 3 aliphatic rings. The minimum absolute atomic E-state index is 0.737. The van der Waals surface area contributed by atoms with Crippen molar-refractivity contribution in [2.75, 3.05) is 13.6 Å². The Balaban J connectivity index is 1.92. The number of hydrogen-bond acceptors (Lipinski definition) is 1. The molecule has 0 aromatic heterocycles. The van der Waals surface area contributed by atoms with Crippen LogP contribution in [0.1, 0.15) is 32.1 Å². The van der Waals surface area contributed by atoms with Crippen LogP contribution in [0.2, 0.25) is 0 Å². The Morgan fingerprint density at radius 1 is 1.27 bits per heavy atom. The summed E-state index contributed by atoms with van der Waals surface area (Å²) in [6.07, 6.45) is 7.59. The summed E-state index contributed by atoms with van der Waals surface area (Å²) in [4.78, 5) is 2.65. The molecule has 2 atom stereocenters. The molecule has 1 nitrogen and oxygen atoms in total. The monoisotopic (exact) mass is 151 g/mol. The Bertz CT molecular complexity index is 183. The van der Waals surface area contributed by atoms with Crippen molar-refractivity contribution in [2.24, 2.45) is 11.8 Å². The molecular weight excluding hydrogens is 134 g/mol. The van der Waals surface area contributed by atoms with E-state index in [1.54, 1.807) is 0 Å². The zero-order chi connectivity index (χ0) is 7.47. The average Bonchev–Trinajstić information content (AvgIpc) is 2.61. The Hall–Kier alpha value is -0.0400. The summed E-state index contributed by atoms with van der Waals surface area (Å²) in [7, 11) is 2.34. The van der Waals surface area contributed by atoms with Gasteiger partial charge in [0, 0.05) is 12.1 Å². The maximum Gasteiger partial charge on any atom is 0.0239 e. The largest absolute Gasteiger partial charge is 0.300 e. The molecule has 3 rings (SSSR count). The second-order valence-corrected chi connectivity index (χ2v) is 4.78. The van der Waals surface area contributed by atoms with E-state index in [4.69, 9.17) is 0 Å². The first-order valence-corrected chi connectivity index (χ1v) is 5.04. The van der Waals surface area contributed by atoms with Crippen molar-refractivity contribution in [1.29, 1.82) is 0 Å². The number of likely N-dealkylation sites (tertiary alicyclic amines) is 1. The Kier molecular flexibility index (Phi) is 1.07. The van der Waals surface area contributed by atoms with Gasteiger partial charge >= 0.3 is 0 Å². The Labute approximate surface area is 68.8 Å². The standard InChI is InChI=1S/C10H17N/c1-11-7-8-3-2-4-9(8)10(11)5-6-10/h8-9H,2-7H2,1H3. The van der Waals surface area contributed by atoms with Crippen LogP contribution < -0.4 is 0 Å². The van der Waals surface area contributed by atoms with Gasteiger partial charge in [0.15, 0.2) is 0 Å². The lowest BCUT2D eigenvalue weighted by Gasteiger charge is -2.23. The van der Waals surface area contributed by atoms with Gasteiger partial charge in [0.05, 0.1) is 0 Å². The summed E-state index contributed by atoms with van der Waals surface area (Å²) in [6, 6.07) is 0. The molecule has 0 radical (unpaired) electrons. The Morgan fingerprint density at radius 3 is 2.82 bits per heavy atom. The molecule has 11 heavy (non-hydrogen) atoms. The van der Waals surface area contributed by atoms with Crippen LogP contribution in [0.5, 0.6) is 0 Å². The van der Waals surface area contributed by atoms with Gasteiger partial charge in [0.25, 0.3) is 0 Å². The molecule has 0 bridgehead atoms. The van der Waals surface area contributed by atoms with Gasteiger partial charge in [-0.2, -0.15) is 0 Å². The van der Waals surface area contributed by atoms with E-state index in [0.717, 1.165) is 17.4 Å². The molecule has 2 aliphatic carbocycles. The summed E-state index contributed by atoms with van der Waals surface area (Å²) < 4.78 is 0. The zero-order valence-electron chi connectivity index (χ0n) is 7.34. The van der Waals surface area contributed by atoms with E-state index in [0.29, 0.717) is 0 Å². The van der Waals surface area contributed by atoms with Crippen molar-refractivity contribution in [3.8, 4) is 0 Å². The molecule has 62 valence electrons. The fourth-order valence-electron chi connectivity index (χ4n) is 3.66. The minimum Gasteiger partial charge on any atom is -0.300 e. The third-order valence-corrected chi connectivity index (χ3v) is 4.38. The van der Waals surface area contributed by atoms with Gasteiger partial charge in [-0.1, -0.05) is 6.42 Å². The Morgan fingerprint density at radius 2 is 2.09 bits per heavy atom. The molecule has 1 aliphatic heterocycles. The van der Waals surface area contributed by atoms with Crippen LogP contribution in [0.4, 0.5) is 0 Å². The van der Waals surface area contributed by atoms with Gasteiger partial charge in [-0.15, -0.1) is 0 Å². The number of rotatable bonds is 0. The van der Waals surface area contributed by atoms with E-state index in [9.17, 15) is 0 Å². The number of fused-ring (bicyclic) bond motifs is 2. The highest BCUT2D eigenvalue weighted by molar-refractivity contribution is 5.15. The van der Waals surface area contributed by atoms with E-state index < -0.39 is 0 Å². The molecular formula is C10H17N. The maximum atomic E-state index is 2.65. The van der Waals surface area contributed by atoms with Gasteiger partial charge in [0.2, 0.25) is 0 Å². The molecule has 0 aromatic rings. The first-order chi connectivity index (χ1) is 5.33. The number of nitrogens with zero attached hydrogens (tertiary/aromatic N) is 1. The van der Waals surface area contributed by atoms with E-state index in [2.05, 4.69) is 11.9 Å².